The van der Waals surface area contributed by atoms with E-state index in [0.29, 0.717) is 22.2 Å². The van der Waals surface area contributed by atoms with Crippen molar-refractivity contribution in [2.75, 3.05) is 29.5 Å². The van der Waals surface area contributed by atoms with Gasteiger partial charge in [-0.3, -0.25) is 0 Å². The van der Waals surface area contributed by atoms with Crippen LogP contribution in [0.25, 0.3) is 11.3 Å². The maximum Gasteiger partial charge on any atom is 0.339 e. The maximum absolute atomic E-state index is 11.4. The van der Waals surface area contributed by atoms with Gasteiger partial charge in [0.05, 0.1) is 5.69 Å². The molecular formula is C15H14ClN3O2S. The van der Waals surface area contributed by atoms with Crippen LogP contribution in [0.15, 0.2) is 30.5 Å². The van der Waals surface area contributed by atoms with E-state index in [1.165, 1.54) is 6.20 Å². The largest absolute Gasteiger partial charge is 0.478 e. The molecular weight excluding hydrogens is 322 g/mol. The highest BCUT2D eigenvalue weighted by atomic mass is 35.5. The highest BCUT2D eigenvalue weighted by Gasteiger charge is 2.19. The van der Waals surface area contributed by atoms with Crippen LogP contribution in [0.4, 0.5) is 5.95 Å². The van der Waals surface area contributed by atoms with Crippen LogP contribution >= 0.6 is 23.4 Å². The summed E-state index contributed by atoms with van der Waals surface area (Å²) in [5.41, 5.74) is 1.16. The Kier molecular flexibility index (Phi) is 4.49. The summed E-state index contributed by atoms with van der Waals surface area (Å²) in [6, 6.07) is 7.04. The molecule has 1 aliphatic heterocycles. The van der Waals surface area contributed by atoms with Crippen molar-refractivity contribution in [3.8, 4) is 11.3 Å². The molecule has 7 heteroatoms. The molecule has 0 atom stereocenters. The smallest absolute Gasteiger partial charge is 0.339 e. The molecule has 1 N–H and O–H groups in total. The molecule has 0 spiro atoms. The van der Waals surface area contributed by atoms with E-state index < -0.39 is 5.97 Å². The molecule has 1 fully saturated rings. The van der Waals surface area contributed by atoms with Gasteiger partial charge in [0.25, 0.3) is 0 Å². The van der Waals surface area contributed by atoms with E-state index in [1.807, 2.05) is 11.8 Å². The minimum atomic E-state index is -1.05. The molecule has 0 unspecified atom stereocenters. The first-order chi connectivity index (χ1) is 10.6. The number of carbonyl (C=O) groups is 1. The normalized spacial score (nSPS) is 14.9. The highest BCUT2D eigenvalue weighted by molar-refractivity contribution is 7.99. The van der Waals surface area contributed by atoms with Gasteiger partial charge in [0.1, 0.15) is 5.56 Å². The number of aromatic nitrogens is 2. The van der Waals surface area contributed by atoms with Crippen molar-refractivity contribution < 1.29 is 9.90 Å². The average molecular weight is 336 g/mol. The highest BCUT2D eigenvalue weighted by Crippen LogP contribution is 2.26. The van der Waals surface area contributed by atoms with Gasteiger partial charge in [-0.25, -0.2) is 14.8 Å². The summed E-state index contributed by atoms with van der Waals surface area (Å²) in [5, 5.41) is 9.91. The van der Waals surface area contributed by atoms with Crippen molar-refractivity contribution in [3.63, 3.8) is 0 Å². The Bertz CT molecular complexity index is 705. The zero-order chi connectivity index (χ0) is 15.5. The quantitative estimate of drug-likeness (QED) is 0.930. The van der Waals surface area contributed by atoms with Gasteiger partial charge in [-0.05, 0) is 12.1 Å². The summed E-state index contributed by atoms with van der Waals surface area (Å²) in [7, 11) is 0. The minimum absolute atomic E-state index is 0.0809. The first-order valence-corrected chi connectivity index (χ1v) is 8.37. The molecule has 2 heterocycles. The van der Waals surface area contributed by atoms with Crippen molar-refractivity contribution in [2.45, 2.75) is 0 Å². The summed E-state index contributed by atoms with van der Waals surface area (Å²) in [6.07, 6.45) is 1.38. The van der Waals surface area contributed by atoms with Crippen molar-refractivity contribution in [2.24, 2.45) is 0 Å². The molecule has 114 valence electrons. The third kappa shape index (κ3) is 3.18. The van der Waals surface area contributed by atoms with Crippen LogP contribution in [0.2, 0.25) is 5.02 Å². The molecule has 22 heavy (non-hydrogen) atoms. The maximum atomic E-state index is 11.4. The van der Waals surface area contributed by atoms with Crippen LogP contribution in [-0.2, 0) is 0 Å². The second kappa shape index (κ2) is 6.54. The molecule has 0 saturated carbocycles. The van der Waals surface area contributed by atoms with Gasteiger partial charge < -0.3 is 10.0 Å². The standard InChI is InChI=1S/C15H14ClN3O2S/c16-11-3-1-2-10(8-11)13-12(14(20)21)9-17-15(18-13)19-4-6-22-7-5-19/h1-3,8-9H,4-7H2,(H,20,21). The predicted molar refractivity (Wildman–Crippen MR) is 89.0 cm³/mol. The fourth-order valence-electron chi connectivity index (χ4n) is 2.30. The third-order valence-electron chi connectivity index (χ3n) is 3.40. The predicted octanol–water partition coefficient (Wildman–Crippen LogP) is 3.05. The number of anilines is 1. The van der Waals surface area contributed by atoms with E-state index in [-0.39, 0.29) is 5.56 Å². The number of carboxylic acid groups (broad SMARTS) is 1. The Morgan fingerprint density at radius 3 is 2.77 bits per heavy atom. The molecule has 1 aromatic carbocycles. The first kappa shape index (κ1) is 15.1. The van der Waals surface area contributed by atoms with E-state index in [1.54, 1.807) is 24.3 Å². The van der Waals surface area contributed by atoms with Crippen LogP contribution in [0.1, 0.15) is 10.4 Å². The Morgan fingerprint density at radius 2 is 2.09 bits per heavy atom. The monoisotopic (exact) mass is 335 g/mol. The van der Waals surface area contributed by atoms with Crippen molar-refractivity contribution in [3.05, 3.63) is 41.0 Å². The second-order valence-corrected chi connectivity index (χ2v) is 6.51. The second-order valence-electron chi connectivity index (χ2n) is 4.85. The van der Waals surface area contributed by atoms with E-state index in [4.69, 9.17) is 11.6 Å². The van der Waals surface area contributed by atoms with E-state index in [0.717, 1.165) is 24.6 Å². The summed E-state index contributed by atoms with van der Waals surface area (Å²) in [4.78, 5) is 22.2. The zero-order valence-electron chi connectivity index (χ0n) is 11.7. The van der Waals surface area contributed by atoms with Gasteiger partial charge in [-0.2, -0.15) is 11.8 Å². The lowest BCUT2D eigenvalue weighted by atomic mass is 10.1. The number of hydrogen-bond donors (Lipinski definition) is 1. The fourth-order valence-corrected chi connectivity index (χ4v) is 3.39. The molecule has 0 aliphatic carbocycles. The summed E-state index contributed by atoms with van der Waals surface area (Å²) < 4.78 is 0. The molecule has 1 saturated heterocycles. The molecule has 0 radical (unpaired) electrons. The molecule has 1 aliphatic rings. The number of nitrogens with zero attached hydrogens (tertiary/aromatic N) is 3. The van der Waals surface area contributed by atoms with Crippen molar-refractivity contribution >= 4 is 35.3 Å². The first-order valence-electron chi connectivity index (χ1n) is 6.84. The van der Waals surface area contributed by atoms with E-state index in [9.17, 15) is 9.90 Å². The number of benzene rings is 1. The van der Waals surface area contributed by atoms with Crippen molar-refractivity contribution in [1.29, 1.82) is 0 Å². The van der Waals surface area contributed by atoms with Crippen LogP contribution in [0.5, 0.6) is 0 Å². The number of thioether (sulfide) groups is 1. The Balaban J connectivity index is 2.06. The van der Waals surface area contributed by atoms with E-state index in [2.05, 4.69) is 14.9 Å². The minimum Gasteiger partial charge on any atom is -0.478 e. The summed E-state index contributed by atoms with van der Waals surface area (Å²) >= 11 is 7.91. The number of aromatic carboxylic acids is 1. The number of halogens is 1. The van der Waals surface area contributed by atoms with Gasteiger partial charge in [0.15, 0.2) is 0 Å². The molecule has 1 aromatic heterocycles. The van der Waals surface area contributed by atoms with Crippen LogP contribution in [-0.4, -0.2) is 45.6 Å². The Morgan fingerprint density at radius 1 is 1.32 bits per heavy atom. The van der Waals surface area contributed by atoms with Gasteiger partial charge in [-0.1, -0.05) is 23.7 Å². The molecule has 5 nitrogen and oxygen atoms in total. The Labute approximate surface area is 137 Å². The van der Waals surface area contributed by atoms with Crippen LogP contribution in [0.3, 0.4) is 0 Å². The van der Waals surface area contributed by atoms with Gasteiger partial charge >= 0.3 is 5.97 Å². The van der Waals surface area contributed by atoms with E-state index >= 15 is 0 Å². The zero-order valence-corrected chi connectivity index (χ0v) is 13.3. The van der Waals surface area contributed by atoms with Crippen LogP contribution in [0, 0.1) is 0 Å². The lowest BCUT2D eigenvalue weighted by Crippen LogP contribution is -2.34. The average Bonchev–Trinajstić information content (AvgIpc) is 2.55. The van der Waals surface area contributed by atoms with Gasteiger partial charge in [-0.15, -0.1) is 0 Å². The molecule has 0 bridgehead atoms. The lowest BCUT2D eigenvalue weighted by molar-refractivity contribution is 0.0697. The fraction of sp³-hybridized carbons (Fsp3) is 0.267. The summed E-state index contributed by atoms with van der Waals surface area (Å²) in [5.74, 6) is 1.57. The topological polar surface area (TPSA) is 66.3 Å². The molecule has 3 rings (SSSR count). The number of hydrogen-bond acceptors (Lipinski definition) is 5. The molecule has 0 amide bonds. The number of rotatable bonds is 3. The summed E-state index contributed by atoms with van der Waals surface area (Å²) in [6.45, 7) is 1.73. The number of carboxylic acids is 1. The van der Waals surface area contributed by atoms with Crippen LogP contribution < -0.4 is 4.90 Å². The van der Waals surface area contributed by atoms with Crippen molar-refractivity contribution in [1.82, 2.24) is 9.97 Å². The Hall–Kier alpha value is -1.79. The SMILES string of the molecule is O=C(O)c1cnc(N2CCSCC2)nc1-c1cccc(Cl)c1. The van der Waals surface area contributed by atoms with Gasteiger partial charge in [0, 0.05) is 41.4 Å². The third-order valence-corrected chi connectivity index (χ3v) is 4.58. The van der Waals surface area contributed by atoms with Gasteiger partial charge in [0.2, 0.25) is 5.95 Å². The lowest BCUT2D eigenvalue weighted by Gasteiger charge is -2.26. The molecule has 2 aromatic rings.